The predicted octanol–water partition coefficient (Wildman–Crippen LogP) is 0.128. The van der Waals surface area contributed by atoms with Crippen molar-refractivity contribution >= 4 is 17.9 Å². The minimum atomic E-state index is -3.97. The van der Waals surface area contributed by atoms with Crippen molar-refractivity contribution in [1.29, 1.82) is 3.92 Å². The van der Waals surface area contributed by atoms with Gasteiger partial charge in [-0.15, -0.1) is 0 Å². The van der Waals surface area contributed by atoms with E-state index in [1.807, 2.05) is 0 Å². The summed E-state index contributed by atoms with van der Waals surface area (Å²) in [5, 5.41) is 22.9. The quantitative estimate of drug-likeness (QED) is 0.629. The molecule has 0 aliphatic heterocycles. The number of rotatable bonds is 3. The predicted molar refractivity (Wildman–Crippen MR) is 39.1 cm³/mol. The fraction of sp³-hybridized carbons (Fsp3) is 0.500. The third-order valence-electron chi connectivity index (χ3n) is 0.961. The molecule has 0 amide bonds. The van der Waals surface area contributed by atoms with Crippen LogP contribution in [-0.4, -0.2) is 33.2 Å². The molecule has 0 rings (SSSR count). The summed E-state index contributed by atoms with van der Waals surface area (Å²) in [6.45, 7) is 0. The van der Waals surface area contributed by atoms with E-state index in [4.69, 9.17) is 15.3 Å². The zero-order valence-corrected chi connectivity index (χ0v) is 8.61. The molecule has 0 bridgehead atoms. The van der Waals surface area contributed by atoms with Crippen LogP contribution in [0.3, 0.4) is 0 Å². The van der Waals surface area contributed by atoms with E-state index in [0.29, 0.717) is 0 Å². The van der Waals surface area contributed by atoms with Gasteiger partial charge in [0.1, 0.15) is 0 Å². The summed E-state index contributed by atoms with van der Waals surface area (Å²) in [5.74, 6) is -4.13. The summed E-state index contributed by atoms with van der Waals surface area (Å²) in [5.41, 5.74) is 0. The molecule has 0 saturated heterocycles. The Kier molecular flexibility index (Phi) is 4.40. The Morgan fingerprint density at radius 1 is 0.857 bits per heavy atom. The summed E-state index contributed by atoms with van der Waals surface area (Å²) in [6.07, 6.45) is 0. The average Bonchev–Trinajstić information content (AvgIpc) is 1.76. The van der Waals surface area contributed by atoms with Crippen LogP contribution in [0.25, 0.3) is 0 Å². The fourth-order valence-corrected chi connectivity index (χ4v) is 4.07. The molecule has 0 saturated carbocycles. The van der Waals surface area contributed by atoms with Crippen LogP contribution in [0.2, 0.25) is 15.0 Å². The Morgan fingerprint density at radius 2 is 1.07 bits per heavy atom. The Labute approximate surface area is 81.4 Å². The number of carboxylic acid groups (broad SMARTS) is 3. The molecule has 0 aliphatic carbocycles. The molecule has 7 nitrogen and oxygen atoms in total. The van der Waals surface area contributed by atoms with Crippen LogP contribution in [0.15, 0.2) is 0 Å². The molecule has 0 unspecified atom stereocenters. The van der Waals surface area contributed by atoms with Crippen molar-refractivity contribution in [2.45, 2.75) is 15.0 Å². The van der Waals surface area contributed by atoms with Crippen LogP contribution >= 0.6 is 0 Å². The molecule has 8 heteroatoms. The summed E-state index contributed by atoms with van der Waals surface area (Å²) < 4.78 is 9.54. The van der Waals surface area contributed by atoms with Crippen LogP contribution in [0, 0.1) is 3.92 Å². The molecule has 0 spiro atoms. The van der Waals surface area contributed by atoms with Gasteiger partial charge in [0.05, 0.1) is 0 Å². The van der Waals surface area contributed by atoms with Gasteiger partial charge >= 0.3 is 81.0 Å². The first-order valence-corrected chi connectivity index (χ1v) is 7.41. The Balaban J connectivity index is 4.69. The molecule has 0 aliphatic rings. The van der Waals surface area contributed by atoms with Crippen LogP contribution in [0.4, 0.5) is 0 Å². The molecule has 14 heavy (non-hydrogen) atoms. The summed E-state index contributed by atoms with van der Waals surface area (Å²) in [7, 11) is 0. The van der Waals surface area contributed by atoms with E-state index in [1.54, 1.807) is 0 Å². The van der Waals surface area contributed by atoms with Gasteiger partial charge in [0, 0.05) is 0 Å². The van der Waals surface area contributed by atoms with Crippen molar-refractivity contribution in [1.82, 2.24) is 0 Å². The molecule has 0 aromatic carbocycles. The van der Waals surface area contributed by atoms with Crippen molar-refractivity contribution in [3.05, 3.63) is 0 Å². The Morgan fingerprint density at radius 3 is 1.21 bits per heavy atom. The van der Waals surface area contributed by atoms with E-state index in [2.05, 4.69) is 0 Å². The zero-order chi connectivity index (χ0) is 11.4. The molecule has 0 aromatic heterocycles. The minimum absolute atomic E-state index is 0.751. The third kappa shape index (κ3) is 5.40. The summed E-state index contributed by atoms with van der Waals surface area (Å²) in [4.78, 5) is 30.8. The van der Waals surface area contributed by atoms with Gasteiger partial charge in [-0.25, -0.2) is 0 Å². The SMILES string of the molecule is [N]#[Rh]([CH2]C(=O)O)([CH2]C(=O)O)[CH2]C(=O)O. The fourth-order valence-electron chi connectivity index (χ4n) is 0.688. The number of nitrogens with zero attached hydrogens (tertiary/aromatic N) is 1. The second-order valence-corrected chi connectivity index (χ2v) is 8.10. The van der Waals surface area contributed by atoms with E-state index in [1.165, 1.54) is 0 Å². The molecular weight excluding hydrogens is 285 g/mol. The molecule has 0 fully saturated rings. The van der Waals surface area contributed by atoms with Crippen molar-refractivity contribution in [3.8, 4) is 0 Å². The van der Waals surface area contributed by atoms with Crippen molar-refractivity contribution < 1.29 is 44.1 Å². The van der Waals surface area contributed by atoms with Crippen molar-refractivity contribution in [2.75, 3.05) is 0 Å². The molecule has 0 atom stereocenters. The van der Waals surface area contributed by atoms with E-state index in [0.717, 1.165) is 0 Å². The second-order valence-electron chi connectivity index (χ2n) is 2.35. The van der Waals surface area contributed by atoms with E-state index < -0.39 is 47.4 Å². The molecule has 0 heterocycles. The van der Waals surface area contributed by atoms with E-state index >= 15 is 0 Å². The molecule has 0 aromatic rings. The molecule has 3 N–H and O–H groups in total. The van der Waals surface area contributed by atoms with Crippen molar-refractivity contribution in [3.63, 3.8) is 0 Å². The van der Waals surface area contributed by atoms with Crippen LogP contribution in [-0.2, 0) is 28.8 Å². The van der Waals surface area contributed by atoms with E-state index in [-0.39, 0.29) is 0 Å². The van der Waals surface area contributed by atoms with Gasteiger partial charge in [0.2, 0.25) is 0 Å². The number of hydrogen-bond donors (Lipinski definition) is 3. The number of hydrogen-bond acceptors (Lipinski definition) is 4. The zero-order valence-electron chi connectivity index (χ0n) is 6.97. The monoisotopic (exact) mass is 294 g/mol. The van der Waals surface area contributed by atoms with Gasteiger partial charge < -0.3 is 0 Å². The molecule has 0 radical (unpaired) electrons. The summed E-state index contributed by atoms with van der Waals surface area (Å²) >= 11 is -3.97. The van der Waals surface area contributed by atoms with Crippen LogP contribution in [0.5, 0.6) is 0 Å². The average molecular weight is 294 g/mol. The topological polar surface area (TPSA) is 136 Å². The maximum absolute atomic E-state index is 10.3. The number of carbonyl (C=O) groups is 3. The van der Waals surface area contributed by atoms with Gasteiger partial charge in [-0.3, -0.25) is 0 Å². The standard InChI is InChI=1S/3C2H3O2.N.Rh/c3*1-2(3)4;;/h3*1H2,(H,3,4);;. The molecule has 83 valence electrons. The normalized spacial score (nSPS) is 11.9. The van der Waals surface area contributed by atoms with E-state index in [9.17, 15) is 18.3 Å². The number of carboxylic acids is 3. The second kappa shape index (κ2) is 4.83. The van der Waals surface area contributed by atoms with Crippen LogP contribution in [0.1, 0.15) is 0 Å². The van der Waals surface area contributed by atoms with Crippen LogP contribution < -0.4 is 0 Å². The maximum atomic E-state index is 10.3. The first-order chi connectivity index (χ1) is 6.25. The third-order valence-corrected chi connectivity index (χ3v) is 5.68. The van der Waals surface area contributed by atoms with Crippen molar-refractivity contribution in [2.24, 2.45) is 0 Å². The first kappa shape index (κ1) is 12.7. The Bertz CT molecular complexity index is 311. The van der Waals surface area contributed by atoms with Gasteiger partial charge in [-0.1, -0.05) is 0 Å². The van der Waals surface area contributed by atoms with Gasteiger partial charge in [0.15, 0.2) is 0 Å². The number of aliphatic carboxylic acids is 3. The summed E-state index contributed by atoms with van der Waals surface area (Å²) in [6, 6.07) is 0. The van der Waals surface area contributed by atoms with Gasteiger partial charge in [-0.05, 0) is 0 Å². The van der Waals surface area contributed by atoms with Gasteiger partial charge in [0.25, 0.3) is 0 Å². The molecular formula is C6H9NO6Rh. The first-order valence-electron chi connectivity index (χ1n) is 3.20. The Hall–Kier alpha value is -1.26. The van der Waals surface area contributed by atoms with Gasteiger partial charge in [-0.2, -0.15) is 0 Å².